The van der Waals surface area contributed by atoms with Gasteiger partial charge in [-0.1, -0.05) is 32.6 Å². The normalized spacial score (nSPS) is 16.7. The first-order valence-corrected chi connectivity index (χ1v) is 15.7. The number of aromatic nitrogens is 5. The number of benzene rings is 1. The first-order chi connectivity index (χ1) is 22.5. The number of piperazine rings is 1. The summed E-state index contributed by atoms with van der Waals surface area (Å²) in [6.45, 7) is 12.8. The lowest BCUT2D eigenvalue weighted by molar-refractivity contribution is -0.128. The summed E-state index contributed by atoms with van der Waals surface area (Å²) in [7, 11) is 0. The summed E-state index contributed by atoms with van der Waals surface area (Å²) < 4.78 is 33.7. The average Bonchev–Trinajstić information content (AvgIpc) is 3.53. The zero-order chi connectivity index (χ0) is 33.4. The number of anilines is 1. The number of carbonyl (C=O) groups excluding carboxylic acids is 1. The van der Waals surface area contributed by atoms with Crippen LogP contribution in [0.1, 0.15) is 44.9 Å². The maximum Gasteiger partial charge on any atom is 0.348 e. The molecule has 0 unspecified atom stereocenters. The maximum atomic E-state index is 16.1. The van der Waals surface area contributed by atoms with Crippen LogP contribution in [0.25, 0.3) is 33.5 Å². The third-order valence-corrected chi connectivity index (χ3v) is 8.82. The fourth-order valence-corrected chi connectivity index (χ4v) is 6.36. The van der Waals surface area contributed by atoms with E-state index in [9.17, 15) is 9.59 Å². The number of carbonyl (C=O) groups is 1. The average molecular weight is 638 g/mol. The molecule has 1 N–H and O–H groups in total. The number of halogens is 2. The predicted octanol–water partition coefficient (Wildman–Crippen LogP) is 6.10. The Hall–Kier alpha value is -5.19. The fourth-order valence-electron chi connectivity index (χ4n) is 6.36. The van der Waals surface area contributed by atoms with E-state index in [1.165, 1.54) is 18.2 Å². The molecule has 9 nitrogen and oxygen atoms in total. The van der Waals surface area contributed by atoms with E-state index in [0.29, 0.717) is 37.0 Å². The van der Waals surface area contributed by atoms with Crippen molar-refractivity contribution in [3.8, 4) is 22.5 Å². The molecule has 242 valence electrons. The molecule has 11 heteroatoms. The van der Waals surface area contributed by atoms with Crippen LogP contribution in [0, 0.1) is 11.6 Å². The van der Waals surface area contributed by atoms with E-state index in [1.54, 1.807) is 23.2 Å². The van der Waals surface area contributed by atoms with E-state index in [-0.39, 0.29) is 46.6 Å². The molecule has 1 aromatic carbocycles. The van der Waals surface area contributed by atoms with Gasteiger partial charge < -0.3 is 14.4 Å². The van der Waals surface area contributed by atoms with Gasteiger partial charge >= 0.3 is 5.69 Å². The number of pyridine rings is 2. The van der Waals surface area contributed by atoms with Crippen molar-refractivity contribution in [1.82, 2.24) is 29.4 Å². The summed E-state index contributed by atoms with van der Waals surface area (Å²) in [5, 5.41) is 0.293. The number of nitrogens with zero attached hydrogens (tertiary/aromatic N) is 6. The van der Waals surface area contributed by atoms with Crippen LogP contribution >= 0.6 is 0 Å². The minimum atomic E-state index is -0.736. The van der Waals surface area contributed by atoms with Crippen LogP contribution in [0.4, 0.5) is 14.6 Å². The number of rotatable bonds is 8. The van der Waals surface area contributed by atoms with E-state index in [0.717, 1.165) is 17.0 Å². The highest BCUT2D eigenvalue weighted by Gasteiger charge is 2.33. The molecule has 1 fully saturated rings. The first-order valence-electron chi connectivity index (χ1n) is 15.7. The van der Waals surface area contributed by atoms with Gasteiger partial charge in [-0.15, -0.1) is 0 Å². The van der Waals surface area contributed by atoms with E-state index >= 15 is 8.78 Å². The Morgan fingerprint density at radius 3 is 2.64 bits per heavy atom. The lowest BCUT2D eigenvalue weighted by Gasteiger charge is -2.44. The number of aryl methyl sites for hydroxylation is 2. The second kappa shape index (κ2) is 12.9. The highest BCUT2D eigenvalue weighted by molar-refractivity contribution is 5.90. The fraction of sp³-hybridized carbons (Fsp3) is 0.306. The van der Waals surface area contributed by atoms with Crippen molar-refractivity contribution in [2.45, 2.75) is 58.7 Å². The summed E-state index contributed by atoms with van der Waals surface area (Å²) in [5.74, 6) is -0.989. The van der Waals surface area contributed by atoms with Gasteiger partial charge in [0.2, 0.25) is 5.91 Å². The van der Waals surface area contributed by atoms with Crippen LogP contribution in [0.5, 0.6) is 0 Å². The molecular weight excluding hydrogens is 600 g/mol. The molecule has 5 heterocycles. The summed E-state index contributed by atoms with van der Waals surface area (Å²) in [6, 6.07) is 13.5. The van der Waals surface area contributed by atoms with Crippen LogP contribution < -0.4 is 10.6 Å². The van der Waals surface area contributed by atoms with Crippen LogP contribution in [0.2, 0.25) is 0 Å². The van der Waals surface area contributed by atoms with Crippen molar-refractivity contribution in [2.75, 3.05) is 18.0 Å². The van der Waals surface area contributed by atoms with E-state index in [4.69, 9.17) is 0 Å². The maximum absolute atomic E-state index is 16.1. The molecular formula is C36H37F2N7O2. The molecule has 0 radical (unpaired) electrons. The van der Waals surface area contributed by atoms with Crippen molar-refractivity contribution in [1.29, 1.82) is 0 Å². The SMILES string of the molecule is C=CC(=O)N1C[C@H](C)N(c2nc(=O)[nH]c3nc(-c4c(F)cccc4CCn4cccc4-c4ccnc(C(C)C)c4)c(F)cc23)C[C@H]1C. The summed E-state index contributed by atoms with van der Waals surface area (Å²) in [5.41, 5.74) is 2.89. The molecule has 0 saturated carbocycles. The Morgan fingerprint density at radius 1 is 1.06 bits per heavy atom. The predicted molar refractivity (Wildman–Crippen MR) is 179 cm³/mol. The number of hydrogen-bond donors (Lipinski definition) is 1. The third kappa shape index (κ3) is 6.17. The van der Waals surface area contributed by atoms with Crippen molar-refractivity contribution in [3.63, 3.8) is 0 Å². The smallest absolute Gasteiger partial charge is 0.348 e. The molecule has 0 aliphatic carbocycles. The Balaban J connectivity index is 1.34. The molecule has 5 aromatic rings. The largest absolute Gasteiger partial charge is 0.349 e. The van der Waals surface area contributed by atoms with Gasteiger partial charge in [-0.2, -0.15) is 4.98 Å². The number of nitrogens with one attached hydrogen (secondary N) is 1. The van der Waals surface area contributed by atoms with Gasteiger partial charge in [0.15, 0.2) is 0 Å². The minimum Gasteiger partial charge on any atom is -0.349 e. The molecule has 0 spiro atoms. The van der Waals surface area contributed by atoms with E-state index in [1.807, 2.05) is 43.1 Å². The molecule has 2 atom stereocenters. The third-order valence-electron chi connectivity index (χ3n) is 8.82. The molecule has 1 aliphatic rings. The highest BCUT2D eigenvalue weighted by atomic mass is 19.1. The lowest BCUT2D eigenvalue weighted by Crippen LogP contribution is -2.58. The topological polar surface area (TPSA) is 100 Å². The molecule has 4 aromatic heterocycles. The number of amides is 1. The first kappa shape index (κ1) is 31.8. The van der Waals surface area contributed by atoms with Crippen LogP contribution in [-0.2, 0) is 17.8 Å². The Labute approximate surface area is 271 Å². The minimum absolute atomic E-state index is 0.0457. The second-order valence-electron chi connectivity index (χ2n) is 12.4. The molecule has 1 amide bonds. The number of H-pyrrole nitrogens is 1. The van der Waals surface area contributed by atoms with Gasteiger partial charge in [-0.25, -0.2) is 18.6 Å². The number of fused-ring (bicyclic) bond motifs is 1. The summed E-state index contributed by atoms with van der Waals surface area (Å²) in [6.07, 6.45) is 5.44. The molecule has 0 bridgehead atoms. The van der Waals surface area contributed by atoms with Gasteiger partial charge in [0.1, 0.15) is 28.8 Å². The highest BCUT2D eigenvalue weighted by Crippen LogP contribution is 2.34. The number of aromatic amines is 1. The summed E-state index contributed by atoms with van der Waals surface area (Å²) >= 11 is 0. The van der Waals surface area contributed by atoms with Crippen molar-refractivity contribution >= 4 is 22.8 Å². The molecule has 1 aliphatic heterocycles. The monoisotopic (exact) mass is 637 g/mol. The van der Waals surface area contributed by atoms with Crippen LogP contribution in [0.3, 0.4) is 0 Å². The summed E-state index contributed by atoms with van der Waals surface area (Å²) in [4.78, 5) is 44.5. The van der Waals surface area contributed by atoms with Gasteiger partial charge in [-0.3, -0.25) is 14.8 Å². The lowest BCUT2D eigenvalue weighted by atomic mass is 9.99. The molecule has 47 heavy (non-hydrogen) atoms. The van der Waals surface area contributed by atoms with Crippen LogP contribution in [0.15, 0.2) is 78.4 Å². The van der Waals surface area contributed by atoms with Gasteiger partial charge in [-0.05, 0) is 74.2 Å². The quantitative estimate of drug-likeness (QED) is 0.206. The standard InChI is InChI=1S/C36H37F2N7O2/c1-6-31(46)44-19-23(5)45(20-22(44)4)35-26-18-28(38)33(40-34(26)41-36(47)42-35)32-24(9-7-10-27(32)37)13-16-43-15-8-11-30(43)25-12-14-39-29(17-25)21(2)3/h6-12,14-15,17-18,21-23H,1,13,16,19-20H2,2-5H3,(H,40,41,42,47)/t22-,23+/m1/s1. The molecule has 1 saturated heterocycles. The van der Waals surface area contributed by atoms with Crippen LogP contribution in [-0.4, -0.2) is 60.5 Å². The zero-order valence-electron chi connectivity index (χ0n) is 26.9. The second-order valence-corrected chi connectivity index (χ2v) is 12.4. The van der Waals surface area contributed by atoms with E-state index < -0.39 is 17.3 Å². The Morgan fingerprint density at radius 2 is 1.87 bits per heavy atom. The van der Waals surface area contributed by atoms with Crippen molar-refractivity contribution < 1.29 is 13.6 Å². The molecule has 6 rings (SSSR count). The van der Waals surface area contributed by atoms with E-state index in [2.05, 4.69) is 51.0 Å². The van der Waals surface area contributed by atoms with Gasteiger partial charge in [0, 0.05) is 66.6 Å². The van der Waals surface area contributed by atoms with Gasteiger partial charge in [0.05, 0.1) is 5.39 Å². The zero-order valence-corrected chi connectivity index (χ0v) is 26.9. The number of hydrogen-bond acceptors (Lipinski definition) is 6. The van der Waals surface area contributed by atoms with Crippen molar-refractivity contribution in [3.05, 3.63) is 107 Å². The Kier molecular flexibility index (Phi) is 8.72. The van der Waals surface area contributed by atoms with Gasteiger partial charge in [0.25, 0.3) is 0 Å². The van der Waals surface area contributed by atoms with Crippen molar-refractivity contribution in [2.24, 2.45) is 0 Å². The Bertz CT molecular complexity index is 2040.